The van der Waals surface area contributed by atoms with Gasteiger partial charge in [0.2, 0.25) is 0 Å². The molecule has 0 fully saturated rings. The van der Waals surface area contributed by atoms with E-state index < -0.39 is 0 Å². The molecule has 0 aliphatic carbocycles. The van der Waals surface area contributed by atoms with Crippen molar-refractivity contribution < 1.29 is 4.79 Å². The van der Waals surface area contributed by atoms with Gasteiger partial charge in [-0.1, -0.05) is 45.8 Å². The van der Waals surface area contributed by atoms with Crippen LogP contribution in [0.5, 0.6) is 0 Å². The third-order valence-electron chi connectivity index (χ3n) is 2.89. The van der Waals surface area contributed by atoms with E-state index in [0.717, 1.165) is 10.9 Å². The lowest BCUT2D eigenvalue weighted by Crippen LogP contribution is -2.25. The van der Waals surface area contributed by atoms with Gasteiger partial charge in [0.1, 0.15) is 0 Å². The molecule has 1 amide bonds. The Morgan fingerprint density at radius 3 is 2.58 bits per heavy atom. The largest absolute Gasteiger partial charge is 0.352 e. The predicted octanol–water partition coefficient (Wildman–Crippen LogP) is 3.73. The summed E-state index contributed by atoms with van der Waals surface area (Å²) in [5.41, 5.74) is 3.18. The Hall–Kier alpha value is -1.61. The maximum absolute atomic E-state index is 11.9. The maximum atomic E-state index is 11.9. The number of hydrogen-bond acceptors (Lipinski definition) is 1. The quantitative estimate of drug-likeness (QED) is 0.914. The molecule has 0 atom stereocenters. The van der Waals surface area contributed by atoms with Gasteiger partial charge >= 0.3 is 0 Å². The minimum atomic E-state index is -0.0276. The molecule has 98 valence electrons. The third kappa shape index (κ3) is 4.21. The van der Waals surface area contributed by atoms with Crippen LogP contribution in [0.4, 0.5) is 0 Å². The molecule has 0 unspecified atom stereocenters. The maximum Gasteiger partial charge on any atom is 0.251 e. The molecular formula is C16H16BrNO. The lowest BCUT2D eigenvalue weighted by atomic mass is 10.1. The lowest BCUT2D eigenvalue weighted by molar-refractivity contribution is 0.0954. The Morgan fingerprint density at radius 1 is 1.16 bits per heavy atom. The van der Waals surface area contributed by atoms with Crippen molar-refractivity contribution >= 4 is 21.8 Å². The summed E-state index contributed by atoms with van der Waals surface area (Å²) in [6.07, 6.45) is 0.851. The number of nitrogens with one attached hydrogen (secondary N) is 1. The van der Waals surface area contributed by atoms with Crippen LogP contribution in [-0.4, -0.2) is 12.5 Å². The molecule has 0 bridgehead atoms. The number of hydrogen-bond donors (Lipinski definition) is 1. The molecule has 1 N–H and O–H groups in total. The molecule has 2 rings (SSSR count). The van der Waals surface area contributed by atoms with Crippen LogP contribution in [0.25, 0.3) is 0 Å². The molecule has 0 aliphatic rings. The van der Waals surface area contributed by atoms with Crippen LogP contribution >= 0.6 is 15.9 Å². The van der Waals surface area contributed by atoms with Gasteiger partial charge in [0, 0.05) is 16.6 Å². The second-order valence-electron chi connectivity index (χ2n) is 4.50. The highest BCUT2D eigenvalue weighted by Crippen LogP contribution is 2.10. The summed E-state index contributed by atoms with van der Waals surface area (Å²) in [5.74, 6) is -0.0276. The summed E-state index contributed by atoms with van der Waals surface area (Å²) < 4.78 is 0.976. The Morgan fingerprint density at radius 2 is 1.89 bits per heavy atom. The van der Waals surface area contributed by atoms with Crippen LogP contribution in [0.3, 0.4) is 0 Å². The smallest absolute Gasteiger partial charge is 0.251 e. The van der Waals surface area contributed by atoms with Crippen LogP contribution in [0.15, 0.2) is 53.0 Å². The van der Waals surface area contributed by atoms with Crippen molar-refractivity contribution in [2.75, 3.05) is 6.54 Å². The molecular weight excluding hydrogens is 302 g/mol. The minimum Gasteiger partial charge on any atom is -0.352 e. The molecule has 0 aromatic heterocycles. The number of carbonyl (C=O) groups excluding carboxylic acids is 1. The van der Waals surface area contributed by atoms with E-state index in [4.69, 9.17) is 0 Å². The average molecular weight is 318 g/mol. The van der Waals surface area contributed by atoms with Gasteiger partial charge in [-0.25, -0.2) is 0 Å². The zero-order valence-electron chi connectivity index (χ0n) is 10.8. The minimum absolute atomic E-state index is 0.0276. The fraction of sp³-hybridized carbons (Fsp3) is 0.188. The first-order valence-corrected chi connectivity index (χ1v) is 7.04. The Balaban J connectivity index is 1.86. The second kappa shape index (κ2) is 6.53. The highest BCUT2D eigenvalue weighted by atomic mass is 79.9. The molecule has 2 aromatic rings. The first-order valence-electron chi connectivity index (χ1n) is 6.24. The van der Waals surface area contributed by atoms with Gasteiger partial charge in [-0.15, -0.1) is 0 Å². The number of amides is 1. The SMILES string of the molecule is Cc1cccc(CCNC(=O)c2ccc(Br)cc2)c1. The van der Waals surface area contributed by atoms with Crippen molar-refractivity contribution in [1.29, 1.82) is 0 Å². The molecule has 0 spiro atoms. The van der Waals surface area contributed by atoms with Crippen molar-refractivity contribution in [2.24, 2.45) is 0 Å². The van der Waals surface area contributed by atoms with Crippen molar-refractivity contribution in [3.8, 4) is 0 Å². The Bertz CT molecular complexity index is 563. The van der Waals surface area contributed by atoms with E-state index in [1.807, 2.05) is 30.3 Å². The fourth-order valence-electron chi connectivity index (χ4n) is 1.89. The Labute approximate surface area is 122 Å². The first kappa shape index (κ1) is 13.8. The van der Waals surface area contributed by atoms with Crippen LogP contribution in [0, 0.1) is 6.92 Å². The van der Waals surface area contributed by atoms with Crippen molar-refractivity contribution in [2.45, 2.75) is 13.3 Å². The number of benzene rings is 2. The van der Waals surface area contributed by atoms with E-state index in [0.29, 0.717) is 12.1 Å². The van der Waals surface area contributed by atoms with E-state index in [-0.39, 0.29) is 5.91 Å². The number of aryl methyl sites for hydroxylation is 1. The molecule has 0 heterocycles. The van der Waals surface area contributed by atoms with Crippen molar-refractivity contribution in [1.82, 2.24) is 5.32 Å². The second-order valence-corrected chi connectivity index (χ2v) is 5.42. The lowest BCUT2D eigenvalue weighted by Gasteiger charge is -2.06. The summed E-state index contributed by atoms with van der Waals surface area (Å²) in [7, 11) is 0. The highest BCUT2D eigenvalue weighted by molar-refractivity contribution is 9.10. The topological polar surface area (TPSA) is 29.1 Å². The summed E-state index contributed by atoms with van der Waals surface area (Å²) in [6, 6.07) is 15.7. The standard InChI is InChI=1S/C16H16BrNO/c1-12-3-2-4-13(11-12)9-10-18-16(19)14-5-7-15(17)8-6-14/h2-8,11H,9-10H2,1H3,(H,18,19). The van der Waals surface area contributed by atoms with Crippen molar-refractivity contribution in [3.05, 3.63) is 69.7 Å². The van der Waals surface area contributed by atoms with Crippen LogP contribution in [0.2, 0.25) is 0 Å². The monoisotopic (exact) mass is 317 g/mol. The van der Waals surface area contributed by atoms with Gasteiger partial charge in [0.05, 0.1) is 0 Å². The van der Waals surface area contributed by atoms with Gasteiger partial charge in [0.15, 0.2) is 0 Å². The summed E-state index contributed by atoms with van der Waals surface area (Å²) in [4.78, 5) is 11.9. The van der Waals surface area contributed by atoms with E-state index in [9.17, 15) is 4.79 Å². The third-order valence-corrected chi connectivity index (χ3v) is 3.42. The van der Waals surface area contributed by atoms with Crippen LogP contribution in [0.1, 0.15) is 21.5 Å². The summed E-state index contributed by atoms with van der Waals surface area (Å²) in [6.45, 7) is 2.72. The van der Waals surface area contributed by atoms with E-state index >= 15 is 0 Å². The van der Waals surface area contributed by atoms with E-state index in [1.165, 1.54) is 11.1 Å². The summed E-state index contributed by atoms with van der Waals surface area (Å²) in [5, 5.41) is 2.93. The number of carbonyl (C=O) groups is 1. The Kier molecular flexibility index (Phi) is 4.74. The fourth-order valence-corrected chi connectivity index (χ4v) is 2.16. The number of rotatable bonds is 4. The molecule has 0 aliphatic heterocycles. The van der Waals surface area contributed by atoms with Gasteiger partial charge in [-0.3, -0.25) is 4.79 Å². The predicted molar refractivity (Wildman–Crippen MR) is 81.4 cm³/mol. The summed E-state index contributed by atoms with van der Waals surface area (Å²) >= 11 is 3.35. The van der Waals surface area contributed by atoms with E-state index in [1.54, 1.807) is 0 Å². The van der Waals surface area contributed by atoms with Crippen LogP contribution < -0.4 is 5.32 Å². The normalized spacial score (nSPS) is 10.2. The van der Waals surface area contributed by atoms with Crippen molar-refractivity contribution in [3.63, 3.8) is 0 Å². The number of halogens is 1. The van der Waals surface area contributed by atoms with Crippen LogP contribution in [-0.2, 0) is 6.42 Å². The average Bonchev–Trinajstić information content (AvgIpc) is 2.39. The van der Waals surface area contributed by atoms with E-state index in [2.05, 4.69) is 46.4 Å². The van der Waals surface area contributed by atoms with Gasteiger partial charge < -0.3 is 5.32 Å². The highest BCUT2D eigenvalue weighted by Gasteiger charge is 2.04. The molecule has 0 radical (unpaired) electrons. The molecule has 3 heteroatoms. The molecule has 2 nitrogen and oxygen atoms in total. The van der Waals surface area contributed by atoms with Gasteiger partial charge in [-0.05, 0) is 43.2 Å². The van der Waals surface area contributed by atoms with Gasteiger partial charge in [-0.2, -0.15) is 0 Å². The molecule has 2 aromatic carbocycles. The first-order chi connectivity index (χ1) is 9.15. The molecule has 0 saturated heterocycles. The zero-order chi connectivity index (χ0) is 13.7. The zero-order valence-corrected chi connectivity index (χ0v) is 12.4. The van der Waals surface area contributed by atoms with Gasteiger partial charge in [0.25, 0.3) is 5.91 Å². The molecule has 0 saturated carbocycles. The molecule has 19 heavy (non-hydrogen) atoms.